The molecule has 0 radical (unpaired) electrons. The average Bonchev–Trinajstić information content (AvgIpc) is 2.96. The van der Waals surface area contributed by atoms with Crippen molar-refractivity contribution < 1.29 is 4.79 Å². The van der Waals surface area contributed by atoms with Crippen LogP contribution in [0, 0.1) is 0 Å². The minimum absolute atomic E-state index is 0.161. The number of fused-ring (bicyclic) bond motifs is 3. The second-order valence-electron chi connectivity index (χ2n) is 6.12. The topological polar surface area (TPSA) is 22.0 Å². The highest BCUT2D eigenvalue weighted by Gasteiger charge is 2.22. The number of aromatic nitrogens is 1. The lowest BCUT2D eigenvalue weighted by atomic mass is 9.96. The summed E-state index contributed by atoms with van der Waals surface area (Å²) in [5, 5.41) is 1.97. The van der Waals surface area contributed by atoms with Crippen LogP contribution in [0.5, 0.6) is 0 Å². The Morgan fingerprint density at radius 3 is 2.62 bits per heavy atom. The molecule has 122 valence electrons. The SMILES string of the molecule is O=C(CSc1ccc(Cl)cc1)n1c2c(c3ccccc31)CCCC2. The summed E-state index contributed by atoms with van der Waals surface area (Å²) in [6.45, 7) is 0. The molecule has 1 aliphatic carbocycles. The first-order valence-electron chi connectivity index (χ1n) is 8.27. The number of nitrogens with zero attached hydrogens (tertiary/aromatic N) is 1. The Labute approximate surface area is 150 Å². The normalized spacial score (nSPS) is 13.9. The Morgan fingerprint density at radius 1 is 1.04 bits per heavy atom. The molecule has 4 rings (SSSR count). The predicted molar refractivity (Wildman–Crippen MR) is 101 cm³/mol. The minimum atomic E-state index is 0.161. The molecule has 2 nitrogen and oxygen atoms in total. The van der Waals surface area contributed by atoms with E-state index in [1.165, 1.54) is 29.5 Å². The van der Waals surface area contributed by atoms with Crippen molar-refractivity contribution in [3.63, 3.8) is 0 Å². The predicted octanol–water partition coefficient (Wildman–Crippen LogP) is 5.61. The number of thioether (sulfide) groups is 1. The molecule has 0 atom stereocenters. The molecule has 2 aromatic carbocycles. The summed E-state index contributed by atoms with van der Waals surface area (Å²) in [5.41, 5.74) is 3.66. The molecule has 0 saturated heterocycles. The summed E-state index contributed by atoms with van der Waals surface area (Å²) < 4.78 is 1.97. The van der Waals surface area contributed by atoms with Crippen LogP contribution in [0.2, 0.25) is 5.02 Å². The van der Waals surface area contributed by atoms with Gasteiger partial charge in [-0.25, -0.2) is 0 Å². The molecule has 4 heteroatoms. The molecule has 0 aliphatic heterocycles. The van der Waals surface area contributed by atoms with E-state index in [1.54, 1.807) is 11.8 Å². The second kappa shape index (κ2) is 6.66. The summed E-state index contributed by atoms with van der Waals surface area (Å²) in [7, 11) is 0. The van der Waals surface area contributed by atoms with Gasteiger partial charge in [0.1, 0.15) is 0 Å². The van der Waals surface area contributed by atoms with E-state index in [0.29, 0.717) is 5.75 Å². The molecule has 0 bridgehead atoms. The lowest BCUT2D eigenvalue weighted by Crippen LogP contribution is -2.18. The van der Waals surface area contributed by atoms with E-state index in [2.05, 4.69) is 18.2 Å². The number of carbonyl (C=O) groups is 1. The van der Waals surface area contributed by atoms with Crippen LogP contribution in [0.1, 0.15) is 28.9 Å². The van der Waals surface area contributed by atoms with Crippen molar-refractivity contribution in [1.82, 2.24) is 4.57 Å². The van der Waals surface area contributed by atoms with Crippen LogP contribution in [0.25, 0.3) is 10.9 Å². The third-order valence-electron chi connectivity index (χ3n) is 4.60. The van der Waals surface area contributed by atoms with Crippen molar-refractivity contribution in [3.05, 3.63) is 64.8 Å². The lowest BCUT2D eigenvalue weighted by Gasteiger charge is -2.15. The van der Waals surface area contributed by atoms with Gasteiger partial charge in [-0.1, -0.05) is 29.8 Å². The standard InChI is InChI=1S/C20H18ClNOS/c21-14-9-11-15(12-10-14)24-13-20(23)22-18-7-3-1-5-16(18)17-6-2-4-8-19(17)22/h1,3,5,7,9-12H,2,4,6,8,13H2. The van der Waals surface area contributed by atoms with Crippen LogP contribution in [-0.4, -0.2) is 16.2 Å². The third-order valence-corrected chi connectivity index (χ3v) is 5.85. The van der Waals surface area contributed by atoms with Gasteiger partial charge in [0.2, 0.25) is 5.91 Å². The molecule has 1 aliphatic rings. The number of benzene rings is 2. The largest absolute Gasteiger partial charge is 0.283 e. The summed E-state index contributed by atoms with van der Waals surface area (Å²) in [6.07, 6.45) is 4.47. The van der Waals surface area contributed by atoms with Crippen LogP contribution in [0.3, 0.4) is 0 Å². The van der Waals surface area contributed by atoms with Crippen molar-refractivity contribution in [2.24, 2.45) is 0 Å². The zero-order valence-electron chi connectivity index (χ0n) is 13.3. The first-order valence-corrected chi connectivity index (χ1v) is 9.63. The van der Waals surface area contributed by atoms with Gasteiger partial charge in [0, 0.05) is 21.0 Å². The fraction of sp³-hybridized carbons (Fsp3) is 0.250. The minimum Gasteiger partial charge on any atom is -0.283 e. The van der Waals surface area contributed by atoms with E-state index in [9.17, 15) is 4.79 Å². The van der Waals surface area contributed by atoms with Gasteiger partial charge in [-0.05, 0) is 61.6 Å². The van der Waals surface area contributed by atoms with Crippen LogP contribution in [-0.2, 0) is 12.8 Å². The molecule has 0 unspecified atom stereocenters. The average molecular weight is 356 g/mol. The Bertz CT molecular complexity index is 898. The number of aryl methyl sites for hydroxylation is 1. The Balaban J connectivity index is 1.65. The molecule has 0 N–H and O–H groups in total. The molecular weight excluding hydrogens is 338 g/mol. The fourth-order valence-corrected chi connectivity index (χ4v) is 4.39. The van der Waals surface area contributed by atoms with Crippen molar-refractivity contribution in [2.75, 3.05) is 5.75 Å². The molecule has 1 heterocycles. The number of carbonyl (C=O) groups excluding carboxylic acids is 1. The summed E-state index contributed by atoms with van der Waals surface area (Å²) in [4.78, 5) is 14.0. The van der Waals surface area contributed by atoms with E-state index >= 15 is 0 Å². The number of halogens is 1. The van der Waals surface area contributed by atoms with Crippen molar-refractivity contribution in [3.8, 4) is 0 Å². The zero-order valence-corrected chi connectivity index (χ0v) is 14.9. The van der Waals surface area contributed by atoms with Gasteiger partial charge in [0.25, 0.3) is 0 Å². The van der Waals surface area contributed by atoms with Crippen LogP contribution >= 0.6 is 23.4 Å². The molecule has 0 spiro atoms. The molecular formula is C20H18ClNOS. The van der Waals surface area contributed by atoms with Crippen LogP contribution in [0.15, 0.2) is 53.4 Å². The first kappa shape index (κ1) is 15.8. The Hall–Kier alpha value is -1.71. The van der Waals surface area contributed by atoms with E-state index in [0.717, 1.165) is 28.3 Å². The summed E-state index contributed by atoms with van der Waals surface area (Å²) in [6, 6.07) is 15.9. The van der Waals surface area contributed by atoms with Gasteiger partial charge >= 0.3 is 0 Å². The van der Waals surface area contributed by atoms with Gasteiger partial charge in [0.15, 0.2) is 0 Å². The smallest absolute Gasteiger partial charge is 0.241 e. The highest BCUT2D eigenvalue weighted by molar-refractivity contribution is 8.00. The van der Waals surface area contributed by atoms with Gasteiger partial charge < -0.3 is 0 Å². The number of hydrogen-bond acceptors (Lipinski definition) is 2. The lowest BCUT2D eigenvalue weighted by molar-refractivity contribution is 0.0943. The number of hydrogen-bond donors (Lipinski definition) is 0. The van der Waals surface area contributed by atoms with Crippen LogP contribution in [0.4, 0.5) is 0 Å². The summed E-state index contributed by atoms with van der Waals surface area (Å²) >= 11 is 7.49. The molecule has 1 aromatic heterocycles. The molecule has 0 amide bonds. The third kappa shape index (κ3) is 2.87. The quantitative estimate of drug-likeness (QED) is 0.570. The van der Waals surface area contributed by atoms with Gasteiger partial charge in [-0.2, -0.15) is 0 Å². The van der Waals surface area contributed by atoms with E-state index in [1.807, 2.05) is 34.9 Å². The fourth-order valence-electron chi connectivity index (χ4n) is 3.52. The first-order chi connectivity index (χ1) is 11.7. The van der Waals surface area contributed by atoms with Crippen molar-refractivity contribution in [1.29, 1.82) is 0 Å². The van der Waals surface area contributed by atoms with E-state index in [4.69, 9.17) is 11.6 Å². The van der Waals surface area contributed by atoms with Gasteiger partial charge in [0.05, 0.1) is 11.3 Å². The van der Waals surface area contributed by atoms with E-state index < -0.39 is 0 Å². The Morgan fingerprint density at radius 2 is 1.79 bits per heavy atom. The number of para-hydroxylation sites is 1. The van der Waals surface area contributed by atoms with Gasteiger partial charge in [-0.3, -0.25) is 9.36 Å². The van der Waals surface area contributed by atoms with Gasteiger partial charge in [-0.15, -0.1) is 11.8 Å². The Kier molecular flexibility index (Phi) is 4.38. The maximum atomic E-state index is 12.9. The molecule has 24 heavy (non-hydrogen) atoms. The van der Waals surface area contributed by atoms with Crippen molar-refractivity contribution in [2.45, 2.75) is 30.6 Å². The molecule has 3 aromatic rings. The van der Waals surface area contributed by atoms with E-state index in [-0.39, 0.29) is 5.91 Å². The molecule has 0 fully saturated rings. The highest BCUT2D eigenvalue weighted by Crippen LogP contribution is 2.32. The van der Waals surface area contributed by atoms with Crippen LogP contribution < -0.4 is 0 Å². The highest BCUT2D eigenvalue weighted by atomic mass is 35.5. The maximum absolute atomic E-state index is 12.9. The maximum Gasteiger partial charge on any atom is 0.241 e. The molecule has 0 saturated carbocycles. The number of rotatable bonds is 3. The zero-order chi connectivity index (χ0) is 16.5. The second-order valence-corrected chi connectivity index (χ2v) is 7.61. The summed E-state index contributed by atoms with van der Waals surface area (Å²) in [5.74, 6) is 0.599. The van der Waals surface area contributed by atoms with Crippen molar-refractivity contribution >= 4 is 40.2 Å². The monoisotopic (exact) mass is 355 g/mol.